The minimum absolute atomic E-state index is 0.184. The van der Waals surface area contributed by atoms with Crippen molar-refractivity contribution in [3.63, 3.8) is 0 Å². The first kappa shape index (κ1) is 13.2. The highest BCUT2D eigenvalue weighted by Gasteiger charge is 2.07. The second-order valence-corrected chi connectivity index (χ2v) is 5.31. The van der Waals surface area contributed by atoms with Crippen LogP contribution in [0, 0.1) is 0 Å². The predicted molar refractivity (Wildman–Crippen MR) is 78.4 cm³/mol. The van der Waals surface area contributed by atoms with Crippen LogP contribution in [0.1, 0.15) is 17.5 Å². The van der Waals surface area contributed by atoms with Gasteiger partial charge < -0.3 is 5.73 Å². The zero-order chi connectivity index (χ0) is 12.8. The molecule has 0 spiro atoms. The molecule has 2 rings (SSSR count). The van der Waals surface area contributed by atoms with Gasteiger partial charge in [0, 0.05) is 22.9 Å². The lowest BCUT2D eigenvalue weighted by Crippen LogP contribution is -2.23. The topological polar surface area (TPSA) is 38.9 Å². The average Bonchev–Trinajstić information content (AvgIpc) is 2.40. The van der Waals surface area contributed by atoms with Gasteiger partial charge in [0.05, 0.1) is 0 Å². The number of rotatable bonds is 5. The number of pyridine rings is 1. The van der Waals surface area contributed by atoms with Gasteiger partial charge >= 0.3 is 0 Å². The largest absolute Gasteiger partial charge is 0.327 e. The summed E-state index contributed by atoms with van der Waals surface area (Å²) in [7, 11) is 0. The van der Waals surface area contributed by atoms with Gasteiger partial charge in [0.15, 0.2) is 0 Å². The molecule has 0 fully saturated rings. The summed E-state index contributed by atoms with van der Waals surface area (Å²) in [5.74, 6) is 0. The molecule has 0 aliphatic carbocycles. The standard InChI is InChI=1S/C15H17BrN2/c16-15-6-2-1-5-13(15)10-14(17)8-7-12-4-3-9-18-11-12/h1-6,9,11,14H,7-8,10,17H2. The summed E-state index contributed by atoms with van der Waals surface area (Å²) in [5.41, 5.74) is 8.71. The van der Waals surface area contributed by atoms with Crippen molar-refractivity contribution >= 4 is 15.9 Å². The van der Waals surface area contributed by atoms with Crippen LogP contribution in [0.4, 0.5) is 0 Å². The smallest absolute Gasteiger partial charge is 0.0299 e. The first-order valence-electron chi connectivity index (χ1n) is 6.13. The van der Waals surface area contributed by atoms with Crippen LogP contribution in [0.5, 0.6) is 0 Å². The molecule has 2 aromatic rings. The fraction of sp³-hybridized carbons (Fsp3) is 0.267. The quantitative estimate of drug-likeness (QED) is 0.920. The minimum Gasteiger partial charge on any atom is -0.327 e. The second-order valence-electron chi connectivity index (χ2n) is 4.46. The zero-order valence-corrected chi connectivity index (χ0v) is 11.8. The van der Waals surface area contributed by atoms with E-state index in [1.807, 2.05) is 24.4 Å². The molecule has 3 heteroatoms. The number of nitrogens with two attached hydrogens (primary N) is 1. The highest BCUT2D eigenvalue weighted by molar-refractivity contribution is 9.10. The van der Waals surface area contributed by atoms with E-state index in [0.29, 0.717) is 0 Å². The minimum atomic E-state index is 0.184. The van der Waals surface area contributed by atoms with Crippen LogP contribution < -0.4 is 5.73 Å². The number of hydrogen-bond donors (Lipinski definition) is 1. The molecule has 1 atom stereocenters. The molecule has 2 nitrogen and oxygen atoms in total. The lowest BCUT2D eigenvalue weighted by molar-refractivity contribution is 0.609. The summed E-state index contributed by atoms with van der Waals surface area (Å²) in [5, 5.41) is 0. The van der Waals surface area contributed by atoms with Gasteiger partial charge in [-0.25, -0.2) is 0 Å². The van der Waals surface area contributed by atoms with Crippen LogP contribution in [-0.2, 0) is 12.8 Å². The van der Waals surface area contributed by atoms with E-state index in [4.69, 9.17) is 5.73 Å². The SMILES string of the molecule is NC(CCc1cccnc1)Cc1ccccc1Br. The van der Waals surface area contributed by atoms with Crippen LogP contribution in [0.15, 0.2) is 53.3 Å². The molecule has 0 radical (unpaired) electrons. The molecule has 0 bridgehead atoms. The van der Waals surface area contributed by atoms with Crippen molar-refractivity contribution in [2.75, 3.05) is 0 Å². The second kappa shape index (κ2) is 6.66. The Balaban J connectivity index is 1.86. The molecule has 1 unspecified atom stereocenters. The maximum Gasteiger partial charge on any atom is 0.0299 e. The molecule has 1 aromatic carbocycles. The molecular formula is C15H17BrN2. The van der Waals surface area contributed by atoms with Crippen LogP contribution >= 0.6 is 15.9 Å². The third-order valence-corrected chi connectivity index (χ3v) is 3.74. The lowest BCUT2D eigenvalue weighted by Gasteiger charge is -2.12. The number of hydrogen-bond acceptors (Lipinski definition) is 2. The molecule has 1 aromatic heterocycles. The zero-order valence-electron chi connectivity index (χ0n) is 10.2. The maximum absolute atomic E-state index is 6.18. The van der Waals surface area contributed by atoms with E-state index in [-0.39, 0.29) is 6.04 Å². The molecule has 1 heterocycles. The number of nitrogens with zero attached hydrogens (tertiary/aromatic N) is 1. The number of aryl methyl sites for hydroxylation is 1. The van der Waals surface area contributed by atoms with Gasteiger partial charge in [-0.1, -0.05) is 40.2 Å². The molecule has 0 saturated heterocycles. The monoisotopic (exact) mass is 304 g/mol. The Morgan fingerprint density at radius 3 is 2.72 bits per heavy atom. The van der Waals surface area contributed by atoms with Crippen molar-refractivity contribution in [3.05, 3.63) is 64.4 Å². The Hall–Kier alpha value is -1.19. The summed E-state index contributed by atoms with van der Waals surface area (Å²) >= 11 is 3.56. The number of aromatic nitrogens is 1. The molecule has 0 aliphatic heterocycles. The van der Waals surface area contributed by atoms with Crippen molar-refractivity contribution in [2.24, 2.45) is 5.73 Å². The highest BCUT2D eigenvalue weighted by atomic mass is 79.9. The average molecular weight is 305 g/mol. The van der Waals surface area contributed by atoms with E-state index < -0.39 is 0 Å². The summed E-state index contributed by atoms with van der Waals surface area (Å²) in [6, 6.07) is 12.5. The van der Waals surface area contributed by atoms with Crippen molar-refractivity contribution in [2.45, 2.75) is 25.3 Å². The normalized spacial score (nSPS) is 12.3. The van der Waals surface area contributed by atoms with Crippen molar-refractivity contribution < 1.29 is 0 Å². The van der Waals surface area contributed by atoms with Crippen LogP contribution in [-0.4, -0.2) is 11.0 Å². The molecule has 94 valence electrons. The van der Waals surface area contributed by atoms with Gasteiger partial charge in [-0.05, 0) is 42.5 Å². The lowest BCUT2D eigenvalue weighted by atomic mass is 10.0. The molecule has 0 aliphatic rings. The van der Waals surface area contributed by atoms with E-state index in [1.54, 1.807) is 6.20 Å². The third kappa shape index (κ3) is 3.93. The number of benzene rings is 1. The summed E-state index contributed by atoms with van der Waals surface area (Å²) < 4.78 is 1.14. The van der Waals surface area contributed by atoms with E-state index >= 15 is 0 Å². The van der Waals surface area contributed by atoms with Crippen LogP contribution in [0.3, 0.4) is 0 Å². The van der Waals surface area contributed by atoms with Gasteiger partial charge in [0.25, 0.3) is 0 Å². The summed E-state index contributed by atoms with van der Waals surface area (Å²) in [6.45, 7) is 0. The fourth-order valence-electron chi connectivity index (χ4n) is 1.95. The Labute approximate surface area is 116 Å². The van der Waals surface area contributed by atoms with Gasteiger partial charge in [0.1, 0.15) is 0 Å². The van der Waals surface area contributed by atoms with E-state index in [0.717, 1.165) is 23.7 Å². The Morgan fingerprint density at radius 1 is 1.17 bits per heavy atom. The van der Waals surface area contributed by atoms with Crippen molar-refractivity contribution in [1.29, 1.82) is 0 Å². The van der Waals surface area contributed by atoms with Crippen molar-refractivity contribution in [1.82, 2.24) is 4.98 Å². The predicted octanol–water partition coefficient (Wildman–Crippen LogP) is 3.35. The Bertz CT molecular complexity index is 485. The molecule has 0 saturated carbocycles. The molecule has 18 heavy (non-hydrogen) atoms. The highest BCUT2D eigenvalue weighted by Crippen LogP contribution is 2.18. The van der Waals surface area contributed by atoms with E-state index in [1.165, 1.54) is 11.1 Å². The summed E-state index contributed by atoms with van der Waals surface area (Å²) in [4.78, 5) is 4.11. The molecule has 0 amide bonds. The van der Waals surface area contributed by atoms with Crippen LogP contribution in [0.2, 0.25) is 0 Å². The van der Waals surface area contributed by atoms with Crippen molar-refractivity contribution in [3.8, 4) is 0 Å². The van der Waals surface area contributed by atoms with Crippen LogP contribution in [0.25, 0.3) is 0 Å². The van der Waals surface area contributed by atoms with E-state index in [9.17, 15) is 0 Å². The van der Waals surface area contributed by atoms with Gasteiger partial charge in [-0.15, -0.1) is 0 Å². The molecular weight excluding hydrogens is 288 g/mol. The van der Waals surface area contributed by atoms with E-state index in [2.05, 4.69) is 39.1 Å². The molecule has 2 N–H and O–H groups in total. The number of halogens is 1. The Morgan fingerprint density at radius 2 is 2.00 bits per heavy atom. The van der Waals surface area contributed by atoms with Gasteiger partial charge in [-0.3, -0.25) is 4.98 Å². The Kier molecular flexibility index (Phi) is 4.90. The third-order valence-electron chi connectivity index (χ3n) is 2.97. The first-order valence-corrected chi connectivity index (χ1v) is 6.93. The van der Waals surface area contributed by atoms with Gasteiger partial charge in [-0.2, -0.15) is 0 Å². The summed E-state index contributed by atoms with van der Waals surface area (Å²) in [6.07, 6.45) is 6.57. The first-order chi connectivity index (χ1) is 8.75. The van der Waals surface area contributed by atoms with Gasteiger partial charge in [0.2, 0.25) is 0 Å². The fourth-order valence-corrected chi connectivity index (χ4v) is 2.39. The maximum atomic E-state index is 6.18.